The molecule has 124 valence electrons. The summed E-state index contributed by atoms with van der Waals surface area (Å²) in [5.41, 5.74) is 7.00. The summed E-state index contributed by atoms with van der Waals surface area (Å²) < 4.78 is 5.57. The average molecular weight is 329 g/mol. The lowest BCUT2D eigenvalue weighted by molar-refractivity contribution is 0.427. The van der Waals surface area contributed by atoms with E-state index in [4.69, 9.17) is 9.51 Å². The number of aromatic nitrogens is 2. The lowest BCUT2D eigenvalue weighted by Crippen LogP contribution is -2.07. The molecule has 4 nitrogen and oxygen atoms in total. The minimum atomic E-state index is 0.748. The van der Waals surface area contributed by atoms with E-state index in [1.165, 1.54) is 0 Å². The predicted molar refractivity (Wildman–Crippen MR) is 101 cm³/mol. The lowest BCUT2D eigenvalue weighted by atomic mass is 10.0. The van der Waals surface area contributed by atoms with Crippen LogP contribution in [0.15, 0.2) is 65.2 Å². The third-order valence-electron chi connectivity index (χ3n) is 4.29. The van der Waals surface area contributed by atoms with Crippen molar-refractivity contribution < 1.29 is 4.52 Å². The summed E-state index contributed by atoms with van der Waals surface area (Å²) in [4.78, 5) is 6.96. The van der Waals surface area contributed by atoms with Crippen LogP contribution in [0.25, 0.3) is 33.8 Å². The van der Waals surface area contributed by atoms with Gasteiger partial charge in [0.25, 0.3) is 0 Å². The van der Waals surface area contributed by atoms with Gasteiger partial charge in [-0.3, -0.25) is 0 Å². The molecule has 0 spiro atoms. The lowest BCUT2D eigenvalue weighted by Gasteiger charge is -2.12. The summed E-state index contributed by atoms with van der Waals surface area (Å²) in [5, 5.41) is 4.06. The Morgan fingerprint density at radius 3 is 2.36 bits per heavy atom. The van der Waals surface area contributed by atoms with Gasteiger partial charge in [-0.1, -0.05) is 41.6 Å². The normalized spacial score (nSPS) is 11.0. The van der Waals surface area contributed by atoms with Gasteiger partial charge in [-0.15, -0.1) is 0 Å². The Bertz CT molecular complexity index is 986. The smallest absolute Gasteiger partial charge is 0.169 e. The van der Waals surface area contributed by atoms with Gasteiger partial charge in [0.05, 0.1) is 22.6 Å². The molecule has 0 saturated carbocycles. The van der Waals surface area contributed by atoms with Gasteiger partial charge < -0.3 is 9.42 Å². The number of benzene rings is 1. The highest BCUT2D eigenvalue weighted by Gasteiger charge is 2.22. The summed E-state index contributed by atoms with van der Waals surface area (Å²) >= 11 is 0. The molecule has 0 amide bonds. The molecule has 0 unspecified atom stereocenters. The molecule has 0 radical (unpaired) electrons. The van der Waals surface area contributed by atoms with Crippen LogP contribution in [0.5, 0.6) is 0 Å². The van der Waals surface area contributed by atoms with Crippen LogP contribution >= 0.6 is 0 Å². The second-order valence-corrected chi connectivity index (χ2v) is 6.32. The van der Waals surface area contributed by atoms with Gasteiger partial charge in [0.2, 0.25) is 0 Å². The second kappa shape index (κ2) is 6.06. The molecule has 0 saturated heterocycles. The Kier molecular flexibility index (Phi) is 3.73. The molecule has 1 aliphatic heterocycles. The summed E-state index contributed by atoms with van der Waals surface area (Å²) in [7, 11) is 4.07. The molecular formula is C21H19N3O. The first kappa shape index (κ1) is 15.4. The molecule has 0 atom stereocenters. The van der Waals surface area contributed by atoms with E-state index in [-0.39, 0.29) is 0 Å². The van der Waals surface area contributed by atoms with E-state index < -0.39 is 0 Å². The monoisotopic (exact) mass is 329 g/mol. The molecule has 1 aromatic heterocycles. The number of anilines is 1. The number of fused-ring (bicyclic) bond motifs is 1. The van der Waals surface area contributed by atoms with E-state index in [1.807, 2.05) is 51.4 Å². The van der Waals surface area contributed by atoms with Crippen molar-refractivity contribution in [2.24, 2.45) is 0 Å². The first-order valence-electron chi connectivity index (χ1n) is 8.23. The summed E-state index contributed by atoms with van der Waals surface area (Å²) in [6.45, 7) is 1.93. The third kappa shape index (κ3) is 2.76. The van der Waals surface area contributed by atoms with Crippen LogP contribution in [0.2, 0.25) is 0 Å². The van der Waals surface area contributed by atoms with Crippen molar-refractivity contribution in [2.75, 3.05) is 19.0 Å². The maximum absolute atomic E-state index is 5.57. The molecule has 4 rings (SSSR count). The summed E-state index contributed by atoms with van der Waals surface area (Å²) in [6.07, 6.45) is 0. The zero-order chi connectivity index (χ0) is 17.4. The summed E-state index contributed by atoms with van der Waals surface area (Å²) in [5.74, 6) is 0.748. The Morgan fingerprint density at radius 1 is 0.920 bits per heavy atom. The fourth-order valence-electron chi connectivity index (χ4n) is 3.01. The third-order valence-corrected chi connectivity index (χ3v) is 4.29. The molecule has 0 fully saturated rings. The standard InChI is InChI=1S/C21H19N3O/c1-14-13-19(25-23-14)20-17-7-5-4-6-8-18(17)22-21(20)15-9-11-16(12-10-15)24(2)3/h4-13H,1-3H3. The Morgan fingerprint density at radius 2 is 1.68 bits per heavy atom. The molecular weight excluding hydrogens is 310 g/mol. The fourth-order valence-corrected chi connectivity index (χ4v) is 3.01. The van der Waals surface area contributed by atoms with Crippen molar-refractivity contribution in [1.82, 2.24) is 10.1 Å². The van der Waals surface area contributed by atoms with Gasteiger partial charge in [0, 0.05) is 37.0 Å². The Hall–Kier alpha value is -3.14. The fraction of sp³-hybridized carbons (Fsp3) is 0.143. The molecule has 0 bridgehead atoms. The van der Waals surface area contributed by atoms with Crippen molar-refractivity contribution in [3.8, 4) is 33.8 Å². The van der Waals surface area contributed by atoms with Gasteiger partial charge in [0.15, 0.2) is 5.76 Å². The molecule has 25 heavy (non-hydrogen) atoms. The molecule has 4 heteroatoms. The van der Waals surface area contributed by atoms with Crippen LogP contribution in [-0.2, 0) is 0 Å². The van der Waals surface area contributed by atoms with Gasteiger partial charge in [-0.25, -0.2) is 4.98 Å². The van der Waals surface area contributed by atoms with Crippen molar-refractivity contribution in [2.45, 2.75) is 6.92 Å². The van der Waals surface area contributed by atoms with Gasteiger partial charge in [-0.05, 0) is 25.1 Å². The van der Waals surface area contributed by atoms with Crippen molar-refractivity contribution in [3.05, 3.63) is 66.4 Å². The van der Waals surface area contributed by atoms with Gasteiger partial charge in [-0.2, -0.15) is 0 Å². The van der Waals surface area contributed by atoms with Crippen LogP contribution in [0.1, 0.15) is 5.69 Å². The van der Waals surface area contributed by atoms with Crippen LogP contribution in [0.4, 0.5) is 5.69 Å². The number of aryl methyl sites for hydroxylation is 1. The summed E-state index contributed by atoms with van der Waals surface area (Å²) in [6, 6.07) is 20.5. The van der Waals surface area contributed by atoms with Gasteiger partial charge in [0.1, 0.15) is 0 Å². The molecule has 2 aliphatic rings. The van der Waals surface area contributed by atoms with E-state index in [9.17, 15) is 0 Å². The van der Waals surface area contributed by atoms with E-state index in [2.05, 4.69) is 40.4 Å². The van der Waals surface area contributed by atoms with E-state index in [0.717, 1.165) is 45.2 Å². The average Bonchev–Trinajstić information content (AvgIpc) is 3.11. The van der Waals surface area contributed by atoms with Crippen LogP contribution in [0, 0.1) is 6.92 Å². The first-order chi connectivity index (χ1) is 12.1. The minimum absolute atomic E-state index is 0.748. The zero-order valence-electron chi connectivity index (χ0n) is 14.5. The van der Waals surface area contributed by atoms with E-state index >= 15 is 0 Å². The number of rotatable bonds is 3. The molecule has 0 N–H and O–H groups in total. The zero-order valence-corrected chi connectivity index (χ0v) is 14.5. The van der Waals surface area contributed by atoms with Crippen molar-refractivity contribution in [3.63, 3.8) is 0 Å². The van der Waals surface area contributed by atoms with Crippen LogP contribution < -0.4 is 4.90 Å². The largest absolute Gasteiger partial charge is 0.378 e. The van der Waals surface area contributed by atoms with Gasteiger partial charge >= 0.3 is 0 Å². The molecule has 1 aromatic carbocycles. The Labute approximate surface area is 147 Å². The Balaban J connectivity index is 1.95. The van der Waals surface area contributed by atoms with Crippen LogP contribution in [0.3, 0.4) is 0 Å². The van der Waals surface area contributed by atoms with Crippen molar-refractivity contribution >= 4 is 5.69 Å². The number of nitrogens with zero attached hydrogens (tertiary/aromatic N) is 3. The van der Waals surface area contributed by atoms with Crippen LogP contribution in [-0.4, -0.2) is 24.2 Å². The first-order valence-corrected chi connectivity index (χ1v) is 8.23. The quantitative estimate of drug-likeness (QED) is 0.537. The highest BCUT2D eigenvalue weighted by molar-refractivity contribution is 5.93. The molecule has 2 aromatic rings. The number of hydrogen-bond donors (Lipinski definition) is 0. The van der Waals surface area contributed by atoms with E-state index in [0.29, 0.717) is 0 Å². The molecule has 1 aliphatic carbocycles. The maximum atomic E-state index is 5.57. The molecule has 2 heterocycles. The predicted octanol–water partition coefficient (Wildman–Crippen LogP) is 4.88. The van der Waals surface area contributed by atoms with E-state index in [1.54, 1.807) is 0 Å². The second-order valence-electron chi connectivity index (χ2n) is 6.32. The highest BCUT2D eigenvalue weighted by Crippen LogP contribution is 2.41. The minimum Gasteiger partial charge on any atom is -0.378 e. The highest BCUT2D eigenvalue weighted by atomic mass is 16.5. The van der Waals surface area contributed by atoms with Crippen molar-refractivity contribution in [1.29, 1.82) is 0 Å². The topological polar surface area (TPSA) is 42.2 Å². The number of hydrogen-bond acceptors (Lipinski definition) is 4. The SMILES string of the molecule is Cc1cc(-c2c3cccccc-3nc2-c2ccc(N(C)C)cc2)on1. The maximum Gasteiger partial charge on any atom is 0.169 e.